The molecule has 15 nitrogen and oxygen atoms in total. The molecular formula is C56H36N8O7S. The molecule has 8 bridgehead atoms. The Morgan fingerprint density at radius 3 is 1.17 bits per heavy atom. The van der Waals surface area contributed by atoms with E-state index >= 15 is 0 Å². The van der Waals surface area contributed by atoms with Crippen molar-refractivity contribution in [2.75, 3.05) is 0 Å². The van der Waals surface area contributed by atoms with Crippen molar-refractivity contribution in [3.05, 3.63) is 210 Å². The Bertz CT molecular complexity index is 4430. The van der Waals surface area contributed by atoms with Gasteiger partial charge in [-0.3, -0.25) is 4.55 Å². The van der Waals surface area contributed by atoms with Crippen LogP contribution in [0.5, 0.6) is 46.0 Å². The molecule has 0 saturated carbocycles. The van der Waals surface area contributed by atoms with E-state index in [0.29, 0.717) is 101 Å². The van der Waals surface area contributed by atoms with Gasteiger partial charge in [-0.15, -0.1) is 0 Å². The molecule has 0 spiro atoms. The molecule has 13 rings (SSSR count). The lowest BCUT2D eigenvalue weighted by Crippen LogP contribution is -2.10. The summed E-state index contributed by atoms with van der Waals surface area (Å²) in [7, 11) is -5.01. The Kier molecular flexibility index (Phi) is 10.0. The molecule has 0 saturated heterocycles. The standard InChI is InChI=1S/C56H36N8O7S/c65-72(66,67)48-46(71-35-19-11-4-12-20-35)28-27-42-47(48)56-63-51-41-26-23-38(70-34-17-9-3-10-18-34)31-45(41)54(61-51)59-49-39-24-21-36(68-32-13-5-1-6-14-32)29-43(39)53(57-49)58-50-40-25-22-37(69-33-15-7-2-8-16-33)30-44(40)55(60-50)62-52(42)64-56/h1-31H,(H,65,66,67)(H4,57,58,59,60,61,62,63,64). The van der Waals surface area contributed by atoms with Crippen molar-refractivity contribution in [1.29, 1.82) is 0 Å². The Labute approximate surface area is 407 Å². The normalized spacial score (nSPS) is 12.2. The van der Waals surface area contributed by atoms with Gasteiger partial charge in [-0.1, -0.05) is 72.8 Å². The molecule has 8 aromatic carbocycles. The summed E-state index contributed by atoms with van der Waals surface area (Å²) < 4.78 is 63.7. The van der Waals surface area contributed by atoms with Crippen LogP contribution in [0.3, 0.4) is 0 Å². The van der Waals surface area contributed by atoms with Crippen LogP contribution in [0.25, 0.3) is 43.1 Å². The lowest BCUT2D eigenvalue weighted by atomic mass is 10.2. The van der Waals surface area contributed by atoms with Crippen molar-refractivity contribution in [2.45, 2.75) is 4.90 Å². The summed E-state index contributed by atoms with van der Waals surface area (Å²) in [6, 6.07) is 57.1. The summed E-state index contributed by atoms with van der Waals surface area (Å²) in [4.78, 5) is 34.0. The number of H-pyrrole nitrogens is 4. The van der Waals surface area contributed by atoms with Crippen LogP contribution in [0.1, 0.15) is 0 Å². The fourth-order valence-corrected chi connectivity index (χ4v) is 9.75. The average Bonchev–Trinajstić information content (AvgIpc) is 4.12. The van der Waals surface area contributed by atoms with Gasteiger partial charge in [0, 0.05) is 37.7 Å². The summed E-state index contributed by atoms with van der Waals surface area (Å²) in [5.74, 6) is 5.02. The highest BCUT2D eigenvalue weighted by Gasteiger charge is 2.27. The monoisotopic (exact) mass is 964 g/mol. The molecule has 5 N–H and O–H groups in total. The number of hydrogen-bond acceptors (Lipinski definition) is 10. The van der Waals surface area contributed by atoms with E-state index in [9.17, 15) is 13.0 Å². The lowest BCUT2D eigenvalue weighted by Gasteiger charge is -2.11. The third kappa shape index (κ3) is 7.83. The van der Waals surface area contributed by atoms with Gasteiger partial charge in [-0.25, -0.2) is 20.0 Å². The predicted octanol–water partition coefficient (Wildman–Crippen LogP) is 12.1. The van der Waals surface area contributed by atoms with Crippen molar-refractivity contribution >= 4 is 76.5 Å². The highest BCUT2D eigenvalue weighted by Crippen LogP contribution is 2.44. The fraction of sp³-hybridized carbons (Fsp3) is 0. The van der Waals surface area contributed by atoms with Crippen LogP contribution in [0.15, 0.2) is 213 Å². The van der Waals surface area contributed by atoms with E-state index < -0.39 is 15.0 Å². The zero-order valence-electron chi connectivity index (χ0n) is 37.5. The van der Waals surface area contributed by atoms with Gasteiger partial charge >= 0.3 is 0 Å². The second-order valence-corrected chi connectivity index (χ2v) is 18.2. The number of nitrogens with one attached hydrogen (secondary N) is 4. The van der Waals surface area contributed by atoms with Crippen LogP contribution >= 0.6 is 0 Å². The molecule has 0 fully saturated rings. The Morgan fingerprint density at radius 1 is 0.333 bits per heavy atom. The molecule has 0 radical (unpaired) electrons. The molecule has 0 atom stereocenters. The molecule has 1 aliphatic rings. The minimum absolute atomic E-state index is 0.0289. The van der Waals surface area contributed by atoms with Gasteiger partial charge in [-0.2, -0.15) is 8.42 Å². The van der Waals surface area contributed by atoms with E-state index in [1.165, 1.54) is 6.07 Å². The number of hydrogen-bond donors (Lipinski definition) is 5. The first-order chi connectivity index (χ1) is 35.2. The van der Waals surface area contributed by atoms with Crippen molar-refractivity contribution in [3.8, 4) is 46.0 Å². The van der Waals surface area contributed by atoms with Crippen LogP contribution in [-0.2, 0) is 10.1 Å². The van der Waals surface area contributed by atoms with E-state index in [2.05, 4.69) is 19.9 Å². The number of rotatable bonds is 9. The molecule has 348 valence electrons. The van der Waals surface area contributed by atoms with E-state index in [4.69, 9.17) is 38.9 Å². The number of aromatic amines is 4. The summed E-state index contributed by atoms with van der Waals surface area (Å²) in [6.07, 6.45) is 0. The Hall–Kier alpha value is -9.77. The zero-order valence-corrected chi connectivity index (χ0v) is 38.3. The van der Waals surface area contributed by atoms with E-state index in [1.807, 2.05) is 152 Å². The largest absolute Gasteiger partial charge is 0.457 e. The molecule has 5 heterocycles. The van der Waals surface area contributed by atoms with Crippen LogP contribution < -0.4 is 40.9 Å². The maximum atomic E-state index is 13.7. The number of aromatic nitrogens is 4. The van der Waals surface area contributed by atoms with Gasteiger partial charge in [0.05, 0.1) is 5.39 Å². The number of para-hydroxylation sites is 4. The molecule has 16 heteroatoms. The predicted molar refractivity (Wildman–Crippen MR) is 272 cm³/mol. The van der Waals surface area contributed by atoms with E-state index in [-0.39, 0.29) is 22.8 Å². The van der Waals surface area contributed by atoms with Gasteiger partial charge in [0.25, 0.3) is 10.1 Å². The summed E-state index contributed by atoms with van der Waals surface area (Å²) in [5.41, 5.74) is 1.51. The van der Waals surface area contributed by atoms with Gasteiger partial charge in [0.15, 0.2) is 0 Å². The van der Waals surface area contributed by atoms with Crippen molar-refractivity contribution < 1.29 is 31.9 Å². The minimum atomic E-state index is -5.01. The number of fused-ring (bicyclic) bond motifs is 20. The molecule has 72 heavy (non-hydrogen) atoms. The second kappa shape index (κ2) is 17.0. The Morgan fingerprint density at radius 2 is 0.694 bits per heavy atom. The molecule has 0 unspecified atom stereocenters. The van der Waals surface area contributed by atoms with Crippen molar-refractivity contribution in [1.82, 2.24) is 19.9 Å². The topological polar surface area (TPSA) is 204 Å². The summed E-state index contributed by atoms with van der Waals surface area (Å²) >= 11 is 0. The van der Waals surface area contributed by atoms with Crippen LogP contribution in [0.4, 0.5) is 23.3 Å². The first-order valence-corrected chi connectivity index (χ1v) is 24.1. The maximum Gasteiger partial charge on any atom is 0.299 e. The molecule has 0 aliphatic carbocycles. The van der Waals surface area contributed by atoms with Crippen LogP contribution in [0.2, 0.25) is 0 Å². The van der Waals surface area contributed by atoms with Gasteiger partial charge in [-0.05, 0) is 115 Å². The SMILES string of the molecule is O=S(=O)(O)c1c(Oc2ccccc2)ccc2c3[nH]c(c12)N=c1[nH]c(c2cc(Oc4ccccc4)ccc12)=Nc1[nH]c(c2cc(Oc4ccccc4)ccc12)N=c1[nH]c(c2cc(Oc4ccccc4)ccc12)=N3. The molecule has 12 aromatic rings. The quantitative estimate of drug-likeness (QED) is 0.0885. The third-order valence-electron chi connectivity index (χ3n) is 12.1. The van der Waals surface area contributed by atoms with Crippen LogP contribution in [-0.4, -0.2) is 32.9 Å². The Balaban J connectivity index is 1.13. The molecule has 1 aliphatic heterocycles. The molecule has 0 amide bonds. The van der Waals surface area contributed by atoms with E-state index in [0.717, 1.165) is 10.8 Å². The maximum absolute atomic E-state index is 13.7. The minimum Gasteiger partial charge on any atom is -0.457 e. The summed E-state index contributed by atoms with van der Waals surface area (Å²) in [6.45, 7) is 0. The zero-order chi connectivity index (χ0) is 48.3. The van der Waals surface area contributed by atoms with Gasteiger partial charge < -0.3 is 38.9 Å². The number of ether oxygens (including phenoxy) is 4. The highest BCUT2D eigenvalue weighted by atomic mass is 32.2. The lowest BCUT2D eigenvalue weighted by molar-refractivity contribution is 0.452. The summed E-state index contributed by atoms with van der Waals surface area (Å²) in [5, 5.41) is 4.38. The van der Waals surface area contributed by atoms with Crippen LogP contribution in [0, 0.1) is 0 Å². The van der Waals surface area contributed by atoms with Crippen molar-refractivity contribution in [2.24, 2.45) is 20.0 Å². The number of benzene rings is 8. The molecule has 4 aromatic heterocycles. The van der Waals surface area contributed by atoms with E-state index in [1.54, 1.807) is 30.3 Å². The van der Waals surface area contributed by atoms with Crippen molar-refractivity contribution in [3.63, 3.8) is 0 Å². The second-order valence-electron chi connectivity index (χ2n) is 16.8. The number of nitrogens with zero attached hydrogens (tertiary/aromatic N) is 4. The first kappa shape index (κ1) is 42.3. The first-order valence-electron chi connectivity index (χ1n) is 22.7. The average molecular weight is 965 g/mol. The molecular weight excluding hydrogens is 929 g/mol. The third-order valence-corrected chi connectivity index (χ3v) is 13.0. The van der Waals surface area contributed by atoms with Gasteiger partial charge in [0.2, 0.25) is 0 Å². The highest BCUT2D eigenvalue weighted by molar-refractivity contribution is 7.86. The fourth-order valence-electron chi connectivity index (χ4n) is 8.92. The van der Waals surface area contributed by atoms with Gasteiger partial charge in [0.1, 0.15) is 96.1 Å². The smallest absolute Gasteiger partial charge is 0.299 e.